The van der Waals surface area contributed by atoms with E-state index in [0.717, 1.165) is 38.8 Å². The molecule has 0 unspecified atom stereocenters. The fourth-order valence-electron chi connectivity index (χ4n) is 4.44. The van der Waals surface area contributed by atoms with Crippen LogP contribution in [0.3, 0.4) is 0 Å². The van der Waals surface area contributed by atoms with Crippen molar-refractivity contribution >= 4 is 28.8 Å². The molecule has 1 saturated heterocycles. The lowest BCUT2D eigenvalue weighted by Gasteiger charge is -2.29. The van der Waals surface area contributed by atoms with Crippen LogP contribution in [0.4, 0.5) is 0 Å². The van der Waals surface area contributed by atoms with E-state index < -0.39 is 5.97 Å². The molecule has 2 aliphatic rings. The molecule has 1 fully saturated rings. The summed E-state index contributed by atoms with van der Waals surface area (Å²) < 4.78 is 5.25. The molecule has 4 rings (SSSR count). The van der Waals surface area contributed by atoms with Crippen molar-refractivity contribution in [2.45, 2.75) is 39.0 Å². The number of esters is 1. The molecule has 30 heavy (non-hydrogen) atoms. The van der Waals surface area contributed by atoms with Gasteiger partial charge in [-0.15, -0.1) is 11.3 Å². The summed E-state index contributed by atoms with van der Waals surface area (Å²) in [7, 11) is 0. The van der Waals surface area contributed by atoms with Crippen molar-refractivity contribution in [3.05, 3.63) is 62.3 Å². The van der Waals surface area contributed by atoms with Crippen LogP contribution < -0.4 is 0 Å². The summed E-state index contributed by atoms with van der Waals surface area (Å²) >= 11 is 1.56. The van der Waals surface area contributed by atoms with Crippen LogP contribution in [-0.4, -0.2) is 48.2 Å². The molecule has 158 valence electrons. The van der Waals surface area contributed by atoms with Crippen LogP contribution in [0.15, 0.2) is 35.9 Å². The number of aryl methyl sites for hydroxylation is 2. The number of likely N-dealkylation sites (tertiary alicyclic amines) is 1. The average Bonchev–Trinajstić information content (AvgIpc) is 3.10. The Hall–Kier alpha value is -2.44. The molecule has 0 radical (unpaired) electrons. The minimum atomic E-state index is -0.744. The monoisotopic (exact) mass is 425 g/mol. The molecule has 0 atom stereocenters. The zero-order valence-corrected chi connectivity index (χ0v) is 18.1. The number of carboxylic acid groups (broad SMARTS) is 1. The number of carbonyl (C=O) groups excluding carboxylic acids is 1. The van der Waals surface area contributed by atoms with E-state index >= 15 is 0 Å². The van der Waals surface area contributed by atoms with Gasteiger partial charge in [-0.2, -0.15) is 0 Å². The Bertz CT molecular complexity index is 981. The summed E-state index contributed by atoms with van der Waals surface area (Å²) in [6.07, 6.45) is 3.93. The maximum atomic E-state index is 12.4. The zero-order chi connectivity index (χ0) is 21.1. The third-order valence-corrected chi connectivity index (χ3v) is 7.09. The minimum Gasteiger partial charge on any atom is -0.481 e. The summed E-state index contributed by atoms with van der Waals surface area (Å²) in [5.41, 5.74) is 6.50. The second-order valence-corrected chi connectivity index (χ2v) is 8.93. The van der Waals surface area contributed by atoms with Crippen LogP contribution in [0, 0.1) is 0 Å². The molecule has 0 saturated carbocycles. The molecule has 2 heterocycles. The minimum absolute atomic E-state index is 0.187. The Morgan fingerprint density at radius 1 is 1.10 bits per heavy atom. The molecule has 2 aromatic rings. The Kier molecular flexibility index (Phi) is 6.35. The van der Waals surface area contributed by atoms with Gasteiger partial charge in [-0.1, -0.05) is 29.8 Å². The Labute approximate surface area is 181 Å². The first-order valence-corrected chi connectivity index (χ1v) is 11.4. The number of piperidine rings is 1. The van der Waals surface area contributed by atoms with Crippen LogP contribution in [0.2, 0.25) is 0 Å². The molecule has 0 amide bonds. The van der Waals surface area contributed by atoms with Crippen molar-refractivity contribution in [1.29, 1.82) is 0 Å². The van der Waals surface area contributed by atoms with E-state index in [0.29, 0.717) is 18.0 Å². The number of fused-ring (bicyclic) bond motifs is 2. The lowest BCUT2D eigenvalue weighted by Crippen LogP contribution is -2.33. The first-order valence-electron chi connectivity index (χ1n) is 10.6. The molecule has 1 aromatic heterocycles. The van der Waals surface area contributed by atoms with Crippen LogP contribution in [0.1, 0.15) is 57.4 Å². The van der Waals surface area contributed by atoms with Crippen molar-refractivity contribution in [3.8, 4) is 0 Å². The first kappa shape index (κ1) is 20.8. The van der Waals surface area contributed by atoms with Gasteiger partial charge in [0.15, 0.2) is 0 Å². The van der Waals surface area contributed by atoms with Crippen molar-refractivity contribution in [3.63, 3.8) is 0 Å². The molecule has 1 N–H and O–H groups in total. The smallest absolute Gasteiger partial charge is 0.348 e. The summed E-state index contributed by atoms with van der Waals surface area (Å²) in [5, 5.41) is 8.96. The lowest BCUT2D eigenvalue weighted by molar-refractivity contribution is -0.137. The highest BCUT2D eigenvalue weighted by Crippen LogP contribution is 2.41. The summed E-state index contributed by atoms with van der Waals surface area (Å²) in [4.78, 5) is 27.4. The number of rotatable bonds is 5. The SMILES string of the molecule is CCOC(=O)c1cc2c(s1)CCc1ccccc1C2=C1CCN(CCC(=O)O)CC1. The topological polar surface area (TPSA) is 66.8 Å². The molecule has 6 heteroatoms. The second kappa shape index (κ2) is 9.14. The van der Waals surface area contributed by atoms with Crippen LogP contribution in [0.25, 0.3) is 5.57 Å². The molecule has 0 bridgehead atoms. The van der Waals surface area contributed by atoms with Gasteiger partial charge in [0.25, 0.3) is 0 Å². The lowest BCUT2D eigenvalue weighted by atomic mass is 9.87. The Balaban J connectivity index is 1.70. The van der Waals surface area contributed by atoms with E-state index in [4.69, 9.17) is 9.84 Å². The highest BCUT2D eigenvalue weighted by Gasteiger charge is 2.27. The number of thiophene rings is 1. The number of aliphatic carboxylic acids is 1. The van der Waals surface area contributed by atoms with Gasteiger partial charge >= 0.3 is 11.9 Å². The molecule has 0 spiro atoms. The number of carbonyl (C=O) groups is 2. The summed E-state index contributed by atoms with van der Waals surface area (Å²) in [6.45, 7) is 4.56. The maximum absolute atomic E-state index is 12.4. The maximum Gasteiger partial charge on any atom is 0.348 e. The number of benzene rings is 1. The summed E-state index contributed by atoms with van der Waals surface area (Å²) in [6, 6.07) is 10.6. The number of hydrogen-bond donors (Lipinski definition) is 1. The van der Waals surface area contributed by atoms with E-state index in [1.165, 1.54) is 32.7 Å². The standard InChI is InChI=1S/C24H27NO4S/c1-2-29-24(28)21-15-19-20(30-21)8-7-16-5-3-4-6-18(16)23(19)17-9-12-25(13-10-17)14-11-22(26)27/h3-6,15H,2,7-14H2,1H3,(H,26,27). The molecule has 1 aliphatic heterocycles. The first-order chi connectivity index (χ1) is 14.6. The fourth-order valence-corrected chi connectivity index (χ4v) is 5.50. The molecule has 1 aromatic carbocycles. The van der Waals surface area contributed by atoms with Gasteiger partial charge in [-0.05, 0) is 60.9 Å². The van der Waals surface area contributed by atoms with Crippen LogP contribution in [0.5, 0.6) is 0 Å². The van der Waals surface area contributed by atoms with Gasteiger partial charge < -0.3 is 14.7 Å². The third-order valence-electron chi connectivity index (χ3n) is 5.92. The normalized spacial score (nSPS) is 16.6. The van der Waals surface area contributed by atoms with E-state index in [9.17, 15) is 9.59 Å². The predicted octanol–water partition coefficient (Wildman–Crippen LogP) is 4.40. The average molecular weight is 426 g/mol. The number of ether oxygens (including phenoxy) is 1. The van der Waals surface area contributed by atoms with E-state index in [1.807, 2.05) is 13.0 Å². The molecule has 5 nitrogen and oxygen atoms in total. The van der Waals surface area contributed by atoms with E-state index in [2.05, 4.69) is 29.2 Å². The third kappa shape index (κ3) is 4.35. The Morgan fingerprint density at radius 2 is 1.87 bits per heavy atom. The van der Waals surface area contributed by atoms with Crippen molar-refractivity contribution in [1.82, 2.24) is 4.90 Å². The fraction of sp³-hybridized carbons (Fsp3) is 0.417. The zero-order valence-electron chi connectivity index (χ0n) is 17.3. The Morgan fingerprint density at radius 3 is 2.60 bits per heavy atom. The molecular formula is C24H27NO4S. The van der Waals surface area contributed by atoms with Gasteiger partial charge in [-0.3, -0.25) is 4.79 Å². The second-order valence-electron chi connectivity index (χ2n) is 7.79. The van der Waals surface area contributed by atoms with Gasteiger partial charge in [0.1, 0.15) is 4.88 Å². The number of nitrogens with zero attached hydrogens (tertiary/aromatic N) is 1. The van der Waals surface area contributed by atoms with Gasteiger partial charge in [0.2, 0.25) is 0 Å². The van der Waals surface area contributed by atoms with Crippen LogP contribution >= 0.6 is 11.3 Å². The van der Waals surface area contributed by atoms with E-state index in [1.54, 1.807) is 11.3 Å². The number of hydrogen-bond acceptors (Lipinski definition) is 5. The quantitative estimate of drug-likeness (QED) is 0.720. The van der Waals surface area contributed by atoms with Crippen LogP contribution in [-0.2, 0) is 22.4 Å². The predicted molar refractivity (Wildman–Crippen MR) is 118 cm³/mol. The van der Waals surface area contributed by atoms with Gasteiger partial charge in [0, 0.05) is 24.5 Å². The van der Waals surface area contributed by atoms with E-state index in [-0.39, 0.29) is 12.4 Å². The highest BCUT2D eigenvalue weighted by molar-refractivity contribution is 7.14. The largest absolute Gasteiger partial charge is 0.481 e. The highest BCUT2D eigenvalue weighted by atomic mass is 32.1. The molecule has 1 aliphatic carbocycles. The van der Waals surface area contributed by atoms with Gasteiger partial charge in [0.05, 0.1) is 13.0 Å². The van der Waals surface area contributed by atoms with Crippen molar-refractivity contribution in [2.24, 2.45) is 0 Å². The summed E-state index contributed by atoms with van der Waals surface area (Å²) in [5.74, 6) is -0.983. The number of carboxylic acids is 1. The van der Waals surface area contributed by atoms with Crippen molar-refractivity contribution in [2.75, 3.05) is 26.2 Å². The molecular weight excluding hydrogens is 398 g/mol. The van der Waals surface area contributed by atoms with Crippen molar-refractivity contribution < 1.29 is 19.4 Å². The van der Waals surface area contributed by atoms with Gasteiger partial charge in [-0.25, -0.2) is 4.79 Å².